The molecule has 1 atom stereocenters. The van der Waals surface area contributed by atoms with E-state index in [0.29, 0.717) is 4.90 Å². The molecule has 0 heterocycles. The molecule has 0 radical (unpaired) electrons. The van der Waals surface area contributed by atoms with Crippen LogP contribution in [0.1, 0.15) is 48.0 Å². The van der Waals surface area contributed by atoms with E-state index in [0.717, 1.165) is 14.2 Å². The highest BCUT2D eigenvalue weighted by molar-refractivity contribution is 5.95. The normalized spacial score (nSPS) is 12.6. The Kier molecular flexibility index (Phi) is 7.88. The predicted molar refractivity (Wildman–Crippen MR) is 86.7 cm³/mol. The van der Waals surface area contributed by atoms with Gasteiger partial charge in [0.15, 0.2) is 6.04 Å². The van der Waals surface area contributed by atoms with Gasteiger partial charge in [0, 0.05) is 0 Å². The molecule has 0 saturated carbocycles. The summed E-state index contributed by atoms with van der Waals surface area (Å²) < 4.78 is 19.4. The minimum atomic E-state index is -1.58. The van der Waals surface area contributed by atoms with E-state index in [4.69, 9.17) is 9.47 Å². The standard InChI is InChI=1S/C16H27NO8/c1-15(2,3)24-13(20)17(14(21)25-16(4,5)6)10(12(19)23-8)9-11(18)22-7/h10H,9H2,1-8H3. The van der Waals surface area contributed by atoms with Crippen molar-refractivity contribution in [2.45, 2.75) is 65.2 Å². The van der Waals surface area contributed by atoms with E-state index in [1.54, 1.807) is 41.5 Å². The lowest BCUT2D eigenvalue weighted by atomic mass is 10.1. The minimum absolute atomic E-state index is 0.430. The van der Waals surface area contributed by atoms with Crippen molar-refractivity contribution in [2.75, 3.05) is 14.2 Å². The second-order valence-electron chi connectivity index (χ2n) is 7.15. The predicted octanol–water partition coefficient (Wildman–Crippen LogP) is 2.26. The third-order valence-electron chi connectivity index (χ3n) is 2.55. The van der Waals surface area contributed by atoms with Crippen LogP contribution in [0.25, 0.3) is 0 Å². The van der Waals surface area contributed by atoms with Crippen LogP contribution in [-0.4, -0.2) is 60.5 Å². The Balaban J connectivity index is 5.84. The zero-order chi connectivity index (χ0) is 20.0. The van der Waals surface area contributed by atoms with Crippen LogP contribution in [-0.2, 0) is 28.5 Å². The summed E-state index contributed by atoms with van der Waals surface area (Å²) in [6.07, 6.45) is -2.87. The fourth-order valence-corrected chi connectivity index (χ4v) is 1.61. The zero-order valence-electron chi connectivity index (χ0n) is 16.0. The number of hydrogen-bond donors (Lipinski definition) is 0. The molecule has 0 spiro atoms. The molecule has 0 N–H and O–H groups in total. The fraction of sp³-hybridized carbons (Fsp3) is 0.750. The Labute approximate surface area is 147 Å². The van der Waals surface area contributed by atoms with E-state index in [-0.39, 0.29) is 0 Å². The van der Waals surface area contributed by atoms with Crippen LogP contribution in [0.4, 0.5) is 9.59 Å². The van der Waals surface area contributed by atoms with Crippen molar-refractivity contribution >= 4 is 24.1 Å². The molecule has 0 aromatic rings. The van der Waals surface area contributed by atoms with E-state index in [2.05, 4.69) is 9.47 Å². The van der Waals surface area contributed by atoms with Gasteiger partial charge in [0.25, 0.3) is 0 Å². The van der Waals surface area contributed by atoms with Crippen molar-refractivity contribution in [1.82, 2.24) is 4.90 Å². The summed E-state index contributed by atoms with van der Waals surface area (Å²) in [5.41, 5.74) is -1.88. The summed E-state index contributed by atoms with van der Waals surface area (Å²) >= 11 is 0. The molecule has 25 heavy (non-hydrogen) atoms. The van der Waals surface area contributed by atoms with Gasteiger partial charge < -0.3 is 18.9 Å². The first kappa shape index (κ1) is 22.7. The molecule has 2 amide bonds. The minimum Gasteiger partial charge on any atom is -0.469 e. The van der Waals surface area contributed by atoms with Crippen molar-refractivity contribution in [3.8, 4) is 0 Å². The Morgan fingerprint density at radius 3 is 1.48 bits per heavy atom. The molecule has 0 rings (SSSR count). The summed E-state index contributed by atoms with van der Waals surface area (Å²) in [5, 5.41) is 0. The van der Waals surface area contributed by atoms with Gasteiger partial charge in [-0.25, -0.2) is 14.4 Å². The largest absolute Gasteiger partial charge is 0.469 e. The van der Waals surface area contributed by atoms with Gasteiger partial charge in [-0.1, -0.05) is 0 Å². The molecular weight excluding hydrogens is 334 g/mol. The Bertz CT molecular complexity index is 487. The summed E-state index contributed by atoms with van der Waals surface area (Å²) in [6.45, 7) is 9.53. The van der Waals surface area contributed by atoms with Crippen molar-refractivity contribution in [2.24, 2.45) is 0 Å². The molecule has 0 aliphatic rings. The van der Waals surface area contributed by atoms with Gasteiger partial charge in [0.1, 0.15) is 11.2 Å². The number of hydrogen-bond acceptors (Lipinski definition) is 8. The lowest BCUT2D eigenvalue weighted by Crippen LogP contribution is -2.53. The molecule has 9 nitrogen and oxygen atoms in total. The van der Waals surface area contributed by atoms with E-state index < -0.39 is 47.8 Å². The lowest BCUT2D eigenvalue weighted by Gasteiger charge is -2.31. The monoisotopic (exact) mass is 361 g/mol. The number of amides is 2. The van der Waals surface area contributed by atoms with E-state index >= 15 is 0 Å². The van der Waals surface area contributed by atoms with Crippen LogP contribution < -0.4 is 0 Å². The van der Waals surface area contributed by atoms with E-state index in [1.807, 2.05) is 0 Å². The highest BCUT2D eigenvalue weighted by Crippen LogP contribution is 2.19. The highest BCUT2D eigenvalue weighted by atomic mass is 16.6. The molecule has 144 valence electrons. The molecule has 0 aliphatic heterocycles. The Hall–Kier alpha value is -2.32. The SMILES string of the molecule is COC(=O)CC(C(=O)OC)N(C(=O)OC(C)(C)C)C(=O)OC(C)(C)C. The number of ether oxygens (including phenoxy) is 4. The Morgan fingerprint density at radius 1 is 0.800 bits per heavy atom. The second kappa shape index (κ2) is 8.68. The zero-order valence-corrected chi connectivity index (χ0v) is 16.0. The van der Waals surface area contributed by atoms with Gasteiger partial charge in [-0.05, 0) is 41.5 Å². The van der Waals surface area contributed by atoms with Gasteiger partial charge in [-0.2, -0.15) is 4.90 Å². The number of imide groups is 1. The van der Waals surface area contributed by atoms with Crippen molar-refractivity contribution < 1.29 is 38.1 Å². The summed E-state index contributed by atoms with van der Waals surface area (Å²) in [6, 6.07) is -1.58. The quantitative estimate of drug-likeness (QED) is 0.554. The maximum atomic E-state index is 12.5. The molecular formula is C16H27NO8. The number of nitrogens with zero attached hydrogens (tertiary/aromatic N) is 1. The van der Waals surface area contributed by atoms with E-state index in [9.17, 15) is 19.2 Å². The second-order valence-corrected chi connectivity index (χ2v) is 7.15. The molecule has 0 fully saturated rings. The number of carbonyl (C=O) groups excluding carboxylic acids is 4. The maximum absolute atomic E-state index is 12.5. The number of rotatable bonds is 4. The molecule has 0 aliphatic carbocycles. The molecule has 0 aromatic carbocycles. The fourth-order valence-electron chi connectivity index (χ4n) is 1.61. The molecule has 0 aromatic heterocycles. The number of carbonyl (C=O) groups is 4. The average molecular weight is 361 g/mol. The van der Waals surface area contributed by atoms with Crippen molar-refractivity contribution in [1.29, 1.82) is 0 Å². The number of esters is 2. The Morgan fingerprint density at radius 2 is 1.20 bits per heavy atom. The highest BCUT2D eigenvalue weighted by Gasteiger charge is 2.42. The first-order valence-electron chi connectivity index (χ1n) is 7.61. The van der Waals surface area contributed by atoms with Crippen LogP contribution in [0.3, 0.4) is 0 Å². The van der Waals surface area contributed by atoms with Crippen LogP contribution in [0.2, 0.25) is 0 Å². The third-order valence-corrected chi connectivity index (χ3v) is 2.55. The topological polar surface area (TPSA) is 108 Å². The van der Waals surface area contributed by atoms with Crippen LogP contribution in [0, 0.1) is 0 Å². The molecule has 9 heteroatoms. The van der Waals surface area contributed by atoms with Crippen LogP contribution >= 0.6 is 0 Å². The summed E-state index contributed by atoms with van der Waals surface area (Å²) in [4.78, 5) is 49.0. The van der Waals surface area contributed by atoms with Gasteiger partial charge >= 0.3 is 24.1 Å². The maximum Gasteiger partial charge on any atom is 0.420 e. The number of methoxy groups -OCH3 is 2. The van der Waals surface area contributed by atoms with Gasteiger partial charge in [0.05, 0.1) is 20.6 Å². The first-order valence-corrected chi connectivity index (χ1v) is 7.61. The summed E-state index contributed by atoms with van der Waals surface area (Å²) in [7, 11) is 2.18. The van der Waals surface area contributed by atoms with Crippen molar-refractivity contribution in [3.05, 3.63) is 0 Å². The molecule has 0 bridgehead atoms. The molecule has 1 unspecified atom stereocenters. The smallest absolute Gasteiger partial charge is 0.420 e. The van der Waals surface area contributed by atoms with Gasteiger partial charge in [0.2, 0.25) is 0 Å². The average Bonchev–Trinajstić information content (AvgIpc) is 2.41. The third kappa shape index (κ3) is 8.37. The molecule has 0 saturated heterocycles. The van der Waals surface area contributed by atoms with Crippen LogP contribution in [0.5, 0.6) is 0 Å². The lowest BCUT2D eigenvalue weighted by molar-refractivity contribution is -0.152. The summed E-state index contributed by atoms with van der Waals surface area (Å²) in [5.74, 6) is -1.80. The van der Waals surface area contributed by atoms with Gasteiger partial charge in [-0.15, -0.1) is 0 Å². The van der Waals surface area contributed by atoms with E-state index in [1.165, 1.54) is 0 Å². The first-order chi connectivity index (χ1) is 11.2. The van der Waals surface area contributed by atoms with Gasteiger partial charge in [-0.3, -0.25) is 4.79 Å². The van der Waals surface area contributed by atoms with Crippen molar-refractivity contribution in [3.63, 3.8) is 0 Å². The van der Waals surface area contributed by atoms with Crippen LogP contribution in [0.15, 0.2) is 0 Å².